The van der Waals surface area contributed by atoms with Gasteiger partial charge in [0.25, 0.3) is 5.91 Å². The lowest BCUT2D eigenvalue weighted by atomic mass is 10.2. The number of fused-ring (bicyclic) bond motifs is 1. The van der Waals surface area contributed by atoms with Gasteiger partial charge in [-0.3, -0.25) is 9.89 Å². The van der Waals surface area contributed by atoms with Crippen molar-refractivity contribution < 1.29 is 4.79 Å². The van der Waals surface area contributed by atoms with Crippen molar-refractivity contribution in [1.82, 2.24) is 20.1 Å². The van der Waals surface area contributed by atoms with Crippen molar-refractivity contribution in [3.05, 3.63) is 54.0 Å². The predicted molar refractivity (Wildman–Crippen MR) is 99.6 cm³/mol. The van der Waals surface area contributed by atoms with E-state index in [0.29, 0.717) is 24.0 Å². The maximum atomic E-state index is 12.1. The van der Waals surface area contributed by atoms with Crippen molar-refractivity contribution in [1.29, 1.82) is 0 Å². The second-order valence-electron chi connectivity index (χ2n) is 5.96. The normalized spacial score (nSPS) is 11.3. The summed E-state index contributed by atoms with van der Waals surface area (Å²) >= 11 is 1.83. The molecule has 126 valence electrons. The molecular weight excluding hydrogens is 320 g/mol. The third kappa shape index (κ3) is 4.00. The Labute approximate surface area is 145 Å². The molecule has 2 heterocycles. The molecule has 0 fully saturated rings. The van der Waals surface area contributed by atoms with E-state index in [4.69, 9.17) is 0 Å². The first kappa shape index (κ1) is 16.6. The van der Waals surface area contributed by atoms with E-state index in [0.717, 1.165) is 11.4 Å². The van der Waals surface area contributed by atoms with Crippen LogP contribution in [0.1, 0.15) is 30.0 Å². The van der Waals surface area contributed by atoms with Gasteiger partial charge in [0.2, 0.25) is 0 Å². The van der Waals surface area contributed by atoms with Gasteiger partial charge in [0, 0.05) is 24.0 Å². The minimum Gasteiger partial charge on any atom is -0.350 e. The van der Waals surface area contributed by atoms with E-state index >= 15 is 0 Å². The first-order chi connectivity index (χ1) is 11.6. The van der Waals surface area contributed by atoms with Gasteiger partial charge in [0.05, 0.1) is 12.2 Å². The van der Waals surface area contributed by atoms with Crippen LogP contribution in [0.2, 0.25) is 0 Å². The van der Waals surface area contributed by atoms with Crippen LogP contribution in [0.15, 0.2) is 42.6 Å². The summed E-state index contributed by atoms with van der Waals surface area (Å²) in [4.78, 5) is 12.1. The van der Waals surface area contributed by atoms with Crippen LogP contribution >= 0.6 is 11.8 Å². The molecule has 0 aliphatic carbocycles. The van der Waals surface area contributed by atoms with Crippen LogP contribution in [0.4, 0.5) is 0 Å². The van der Waals surface area contributed by atoms with Crippen LogP contribution in [0.3, 0.4) is 0 Å². The topological polar surface area (TPSA) is 62.7 Å². The van der Waals surface area contributed by atoms with Gasteiger partial charge in [-0.2, -0.15) is 16.9 Å². The molecular formula is C18H22N4OS. The summed E-state index contributed by atoms with van der Waals surface area (Å²) in [6, 6.07) is 12.1. The highest BCUT2D eigenvalue weighted by Crippen LogP contribution is 2.16. The quantitative estimate of drug-likeness (QED) is 0.648. The summed E-state index contributed by atoms with van der Waals surface area (Å²) < 4.78 is 2.14. The van der Waals surface area contributed by atoms with Crippen LogP contribution < -0.4 is 5.32 Å². The standard InChI is InChI=1S/C18H22N4OS/c1-13(2)24-10-8-19-18(23)16-11-15(20-21-16)12-22-9-7-14-5-3-4-6-17(14)22/h3-7,9,11,13H,8,10,12H2,1-2H3,(H,19,23)(H,20,21). The Bertz CT molecular complexity index is 821. The molecule has 0 radical (unpaired) electrons. The van der Waals surface area contributed by atoms with Crippen LogP contribution in [-0.4, -0.2) is 38.2 Å². The number of thioether (sulfide) groups is 1. The van der Waals surface area contributed by atoms with Crippen molar-refractivity contribution in [3.8, 4) is 0 Å². The zero-order valence-corrected chi connectivity index (χ0v) is 14.8. The summed E-state index contributed by atoms with van der Waals surface area (Å²) in [6.45, 7) is 5.62. The van der Waals surface area contributed by atoms with E-state index in [-0.39, 0.29) is 5.91 Å². The molecule has 0 bridgehead atoms. The summed E-state index contributed by atoms with van der Waals surface area (Å²) in [6.07, 6.45) is 2.05. The molecule has 1 aromatic carbocycles. The average molecular weight is 342 g/mol. The molecule has 0 aliphatic rings. The molecule has 0 spiro atoms. The number of carbonyl (C=O) groups excluding carboxylic acids is 1. The highest BCUT2D eigenvalue weighted by molar-refractivity contribution is 7.99. The zero-order chi connectivity index (χ0) is 16.9. The molecule has 3 aromatic rings. The number of H-pyrrole nitrogens is 1. The molecule has 3 rings (SSSR count). The summed E-state index contributed by atoms with van der Waals surface area (Å²) in [5.41, 5.74) is 2.53. The molecule has 2 N–H and O–H groups in total. The van der Waals surface area contributed by atoms with E-state index in [1.54, 1.807) is 0 Å². The fourth-order valence-corrected chi connectivity index (χ4v) is 3.26. The zero-order valence-electron chi connectivity index (χ0n) is 14.0. The minimum absolute atomic E-state index is 0.126. The number of amides is 1. The van der Waals surface area contributed by atoms with Gasteiger partial charge in [-0.25, -0.2) is 0 Å². The molecule has 0 aliphatic heterocycles. The molecule has 0 unspecified atom stereocenters. The number of para-hydroxylation sites is 1. The molecule has 0 atom stereocenters. The average Bonchev–Trinajstić information content (AvgIpc) is 3.19. The van der Waals surface area contributed by atoms with Crippen molar-refractivity contribution >= 4 is 28.6 Å². The number of carbonyl (C=O) groups is 1. The Morgan fingerprint density at radius 2 is 2.17 bits per heavy atom. The van der Waals surface area contributed by atoms with Gasteiger partial charge in [-0.15, -0.1) is 0 Å². The Kier molecular flexibility index (Phi) is 5.25. The number of nitrogens with zero attached hydrogens (tertiary/aromatic N) is 2. The maximum absolute atomic E-state index is 12.1. The van der Waals surface area contributed by atoms with E-state index in [2.05, 4.69) is 52.1 Å². The van der Waals surface area contributed by atoms with E-state index < -0.39 is 0 Å². The second-order valence-corrected chi connectivity index (χ2v) is 7.64. The van der Waals surface area contributed by atoms with Crippen LogP contribution in [0, 0.1) is 0 Å². The fraction of sp³-hybridized carbons (Fsp3) is 0.333. The third-order valence-corrected chi connectivity index (χ3v) is 4.83. The van der Waals surface area contributed by atoms with Crippen molar-refractivity contribution in [2.75, 3.05) is 12.3 Å². The number of nitrogens with one attached hydrogen (secondary N) is 2. The number of aromatic nitrogens is 3. The molecule has 1 amide bonds. The number of hydrogen-bond donors (Lipinski definition) is 2. The monoisotopic (exact) mass is 342 g/mol. The molecule has 5 nitrogen and oxygen atoms in total. The van der Waals surface area contributed by atoms with Gasteiger partial charge in [-0.05, 0) is 28.8 Å². The summed E-state index contributed by atoms with van der Waals surface area (Å²) in [5, 5.41) is 11.8. The Balaban J connectivity index is 1.60. The highest BCUT2D eigenvalue weighted by Gasteiger charge is 2.11. The number of rotatable bonds is 7. The lowest BCUT2D eigenvalue weighted by molar-refractivity contribution is 0.0951. The highest BCUT2D eigenvalue weighted by atomic mass is 32.2. The van der Waals surface area contributed by atoms with Crippen molar-refractivity contribution in [2.24, 2.45) is 0 Å². The van der Waals surface area contributed by atoms with Crippen LogP contribution in [0.25, 0.3) is 10.9 Å². The molecule has 6 heteroatoms. The number of hydrogen-bond acceptors (Lipinski definition) is 3. The fourth-order valence-electron chi connectivity index (χ4n) is 2.57. The molecule has 0 saturated carbocycles. The second kappa shape index (κ2) is 7.57. The van der Waals surface area contributed by atoms with E-state index in [1.165, 1.54) is 10.9 Å². The lowest BCUT2D eigenvalue weighted by Crippen LogP contribution is -2.26. The largest absolute Gasteiger partial charge is 0.350 e. The van der Waals surface area contributed by atoms with Gasteiger partial charge in [0.1, 0.15) is 5.69 Å². The predicted octanol–water partition coefficient (Wildman–Crippen LogP) is 3.28. The first-order valence-corrected chi connectivity index (χ1v) is 9.16. The van der Waals surface area contributed by atoms with Crippen molar-refractivity contribution in [2.45, 2.75) is 25.6 Å². The van der Waals surface area contributed by atoms with Gasteiger partial charge < -0.3 is 9.88 Å². The van der Waals surface area contributed by atoms with Crippen LogP contribution in [-0.2, 0) is 6.54 Å². The van der Waals surface area contributed by atoms with Gasteiger partial charge >= 0.3 is 0 Å². The molecule has 0 saturated heterocycles. The molecule has 2 aromatic heterocycles. The first-order valence-electron chi connectivity index (χ1n) is 8.11. The van der Waals surface area contributed by atoms with Gasteiger partial charge in [-0.1, -0.05) is 32.0 Å². The Morgan fingerprint density at radius 1 is 1.33 bits per heavy atom. The minimum atomic E-state index is -0.126. The molecule has 24 heavy (non-hydrogen) atoms. The Morgan fingerprint density at radius 3 is 3.00 bits per heavy atom. The number of aromatic amines is 1. The van der Waals surface area contributed by atoms with E-state index in [9.17, 15) is 4.79 Å². The lowest BCUT2D eigenvalue weighted by Gasteiger charge is -2.05. The maximum Gasteiger partial charge on any atom is 0.271 e. The summed E-state index contributed by atoms with van der Waals surface area (Å²) in [5.74, 6) is 0.787. The summed E-state index contributed by atoms with van der Waals surface area (Å²) in [7, 11) is 0. The van der Waals surface area contributed by atoms with Crippen molar-refractivity contribution in [3.63, 3.8) is 0 Å². The SMILES string of the molecule is CC(C)SCCNC(=O)c1cc(Cn2ccc3ccccc32)[nH]n1. The number of benzene rings is 1. The smallest absolute Gasteiger partial charge is 0.271 e. The third-order valence-electron chi connectivity index (χ3n) is 3.72. The van der Waals surface area contributed by atoms with Crippen LogP contribution in [0.5, 0.6) is 0 Å². The van der Waals surface area contributed by atoms with E-state index in [1.807, 2.05) is 36.2 Å². The Hall–Kier alpha value is -2.21. The van der Waals surface area contributed by atoms with Gasteiger partial charge in [0.15, 0.2) is 0 Å².